The zero-order valence-corrected chi connectivity index (χ0v) is 16.1. The number of cyclic esters (lactones) is 1. The second-order valence-electron chi connectivity index (χ2n) is 6.39. The number of carbonyl (C=O) groups is 2. The van der Waals surface area contributed by atoms with Gasteiger partial charge in [0.15, 0.2) is 14.6 Å². The van der Waals surface area contributed by atoms with Crippen molar-refractivity contribution in [3.05, 3.63) is 29.8 Å². The molecule has 28 heavy (non-hydrogen) atoms. The lowest BCUT2D eigenvalue weighted by molar-refractivity contribution is -0.140. The lowest BCUT2D eigenvalue weighted by atomic mass is 10.0. The number of benzene rings is 1. The van der Waals surface area contributed by atoms with E-state index in [1.165, 1.54) is 4.90 Å². The van der Waals surface area contributed by atoms with Gasteiger partial charge in [-0.1, -0.05) is 11.8 Å². The number of hydrogen-bond acceptors (Lipinski definition) is 6. The number of aliphatic hydroxyl groups is 1. The zero-order chi connectivity index (χ0) is 20.9. The Morgan fingerprint density at radius 1 is 1.32 bits per heavy atom. The highest BCUT2D eigenvalue weighted by molar-refractivity contribution is 7.92. The summed E-state index contributed by atoms with van der Waals surface area (Å²) in [4.78, 5) is 24.9. The number of anilines is 1. The Morgan fingerprint density at radius 3 is 2.50 bits per heavy atom. The fourth-order valence-corrected chi connectivity index (χ4v) is 3.39. The maximum absolute atomic E-state index is 12.2. The molecule has 148 valence electrons. The normalized spacial score (nSPS) is 18.2. The molecule has 0 aliphatic carbocycles. The molecule has 9 heteroatoms. The maximum atomic E-state index is 12.2. The highest BCUT2D eigenvalue weighted by Crippen LogP contribution is 2.30. The molecule has 2 atom stereocenters. The molecule has 0 spiro atoms. The Balaban J connectivity index is 2.14. The summed E-state index contributed by atoms with van der Waals surface area (Å²) in [6.07, 6.45) is -1.06. The first-order valence-electron chi connectivity index (χ1n) is 8.19. The van der Waals surface area contributed by atoms with Crippen molar-refractivity contribution in [1.82, 2.24) is 0 Å². The van der Waals surface area contributed by atoms with E-state index < -0.39 is 32.8 Å². The van der Waals surface area contributed by atoms with Crippen LogP contribution in [0.5, 0.6) is 0 Å². The summed E-state index contributed by atoms with van der Waals surface area (Å²) in [5, 5.41) is 17.9. The van der Waals surface area contributed by atoms with E-state index in [0.29, 0.717) is 11.3 Å². The van der Waals surface area contributed by atoms with E-state index in [1.807, 2.05) is 0 Å². The molecular weight excluding hydrogens is 386 g/mol. The molecule has 2 rings (SSSR count). The Kier molecular flexibility index (Phi) is 6.34. The number of aliphatic hydroxyl groups excluding tert-OH is 1. The van der Waals surface area contributed by atoms with Gasteiger partial charge in [-0.2, -0.15) is 0 Å². The maximum Gasteiger partial charge on any atom is 0.414 e. The predicted molar refractivity (Wildman–Crippen MR) is 101 cm³/mol. The van der Waals surface area contributed by atoms with E-state index in [0.717, 1.165) is 13.2 Å². The van der Waals surface area contributed by atoms with Crippen LogP contribution < -0.4 is 4.90 Å². The highest BCUT2D eigenvalue weighted by Gasteiger charge is 2.48. The lowest BCUT2D eigenvalue weighted by Crippen LogP contribution is -2.46. The van der Waals surface area contributed by atoms with Crippen LogP contribution in [0.2, 0.25) is 0 Å². The van der Waals surface area contributed by atoms with Gasteiger partial charge in [-0.05, 0) is 43.0 Å². The molecule has 1 fully saturated rings. The fourth-order valence-electron chi connectivity index (χ4n) is 2.58. The number of rotatable bonds is 5. The first kappa shape index (κ1) is 21.3. The molecule has 1 heterocycles. The molecule has 2 N–H and O–H groups in total. The minimum Gasteiger partial charge on any atom is -0.480 e. The van der Waals surface area contributed by atoms with Crippen LogP contribution in [-0.4, -0.2) is 61.0 Å². The number of ether oxygens (including phenoxy) is 1. The molecule has 0 saturated carbocycles. The molecule has 0 radical (unpaired) electrons. The summed E-state index contributed by atoms with van der Waals surface area (Å²) in [5.74, 6) is 8.72. The lowest BCUT2D eigenvalue weighted by Gasteiger charge is -2.24. The topological polar surface area (TPSA) is 121 Å². The van der Waals surface area contributed by atoms with E-state index in [-0.39, 0.29) is 19.6 Å². The van der Waals surface area contributed by atoms with E-state index >= 15 is 0 Å². The highest BCUT2D eigenvalue weighted by atomic mass is 32.2. The minimum atomic E-state index is -3.92. The molecule has 1 aromatic rings. The van der Waals surface area contributed by atoms with E-state index in [1.54, 1.807) is 24.3 Å². The van der Waals surface area contributed by atoms with Gasteiger partial charge in [-0.15, -0.1) is 0 Å². The van der Waals surface area contributed by atoms with Crippen LogP contribution in [0.1, 0.15) is 18.9 Å². The molecule has 1 amide bonds. The summed E-state index contributed by atoms with van der Waals surface area (Å²) in [6, 6.07) is 6.61. The van der Waals surface area contributed by atoms with E-state index in [2.05, 4.69) is 23.7 Å². The standard InChI is InChI=1S/C19H19NO7S/c1-19(17(22)23,28(2,25)26)12-16-13-20(18(24)27-16)15-9-7-14(8-10-15)6-4-3-5-11-21/h7-10,16,21H,11-13H2,1-2H3,(H,22,23). The van der Waals surface area contributed by atoms with E-state index in [9.17, 15) is 23.1 Å². The minimum absolute atomic E-state index is 0.0320. The summed E-state index contributed by atoms with van der Waals surface area (Å²) in [5.41, 5.74) is 1.16. The monoisotopic (exact) mass is 405 g/mol. The van der Waals surface area contributed by atoms with Crippen LogP contribution in [0.3, 0.4) is 0 Å². The average molecular weight is 405 g/mol. The van der Waals surface area contributed by atoms with Gasteiger partial charge in [0.1, 0.15) is 12.7 Å². The third kappa shape index (κ3) is 4.63. The number of carboxylic acids is 1. The molecule has 1 aliphatic heterocycles. The number of hydrogen-bond donors (Lipinski definition) is 2. The largest absolute Gasteiger partial charge is 0.480 e. The Hall–Kier alpha value is -3.01. The first-order valence-corrected chi connectivity index (χ1v) is 10.1. The molecule has 0 aromatic heterocycles. The van der Waals surface area contributed by atoms with Crippen molar-refractivity contribution < 1.29 is 33.0 Å². The van der Waals surface area contributed by atoms with Crippen molar-refractivity contribution in [3.8, 4) is 23.7 Å². The van der Waals surface area contributed by atoms with Gasteiger partial charge in [0.25, 0.3) is 0 Å². The van der Waals surface area contributed by atoms with Crippen LogP contribution in [0.25, 0.3) is 0 Å². The van der Waals surface area contributed by atoms with Crippen molar-refractivity contribution in [2.24, 2.45) is 0 Å². The molecule has 1 aromatic carbocycles. The third-order valence-corrected chi connectivity index (χ3v) is 6.36. The van der Waals surface area contributed by atoms with Crippen molar-refractivity contribution in [2.75, 3.05) is 24.3 Å². The van der Waals surface area contributed by atoms with Crippen molar-refractivity contribution in [2.45, 2.75) is 24.2 Å². The molecular formula is C19H19NO7S. The summed E-state index contributed by atoms with van der Waals surface area (Å²) in [7, 11) is -3.92. The SMILES string of the molecule is CC(CC1CN(c2ccc(C#CC#CCO)cc2)C(=O)O1)(C(=O)O)S(C)(=O)=O. The quantitative estimate of drug-likeness (QED) is 0.690. The van der Waals surface area contributed by atoms with Gasteiger partial charge in [-0.3, -0.25) is 9.69 Å². The van der Waals surface area contributed by atoms with Gasteiger partial charge in [0.2, 0.25) is 0 Å². The molecule has 8 nitrogen and oxygen atoms in total. The van der Waals surface area contributed by atoms with Gasteiger partial charge in [0, 0.05) is 23.9 Å². The summed E-state index contributed by atoms with van der Waals surface area (Å²) < 4.78 is 26.9. The average Bonchev–Trinajstić information content (AvgIpc) is 2.98. The number of carboxylic acid groups (broad SMARTS) is 1. The van der Waals surface area contributed by atoms with E-state index in [4.69, 9.17) is 9.84 Å². The number of aliphatic carboxylic acids is 1. The Morgan fingerprint density at radius 2 is 1.96 bits per heavy atom. The molecule has 1 saturated heterocycles. The van der Waals surface area contributed by atoms with Crippen LogP contribution in [0.15, 0.2) is 24.3 Å². The zero-order valence-electron chi connectivity index (χ0n) is 15.3. The number of carbonyl (C=O) groups excluding carboxylic acids is 1. The number of sulfone groups is 1. The van der Waals surface area contributed by atoms with Crippen LogP contribution in [0.4, 0.5) is 10.5 Å². The van der Waals surface area contributed by atoms with Gasteiger partial charge >= 0.3 is 12.1 Å². The smallest absolute Gasteiger partial charge is 0.414 e. The summed E-state index contributed by atoms with van der Waals surface area (Å²) in [6.45, 7) is 0.866. The number of amides is 1. The molecule has 2 unspecified atom stereocenters. The fraction of sp³-hybridized carbons (Fsp3) is 0.368. The Bertz CT molecular complexity index is 993. The Labute approximate surface area is 163 Å². The van der Waals surface area contributed by atoms with Crippen LogP contribution >= 0.6 is 0 Å². The molecule has 1 aliphatic rings. The van der Waals surface area contributed by atoms with Crippen molar-refractivity contribution in [1.29, 1.82) is 0 Å². The van der Waals surface area contributed by atoms with Crippen molar-refractivity contribution in [3.63, 3.8) is 0 Å². The van der Waals surface area contributed by atoms with Crippen LogP contribution in [-0.2, 0) is 19.4 Å². The second kappa shape index (κ2) is 8.34. The van der Waals surface area contributed by atoms with Crippen molar-refractivity contribution >= 4 is 27.6 Å². The first-order chi connectivity index (χ1) is 13.1. The molecule has 0 bridgehead atoms. The van der Waals surface area contributed by atoms with Gasteiger partial charge in [-0.25, -0.2) is 13.2 Å². The summed E-state index contributed by atoms with van der Waals surface area (Å²) >= 11 is 0. The van der Waals surface area contributed by atoms with Gasteiger partial charge < -0.3 is 14.9 Å². The predicted octanol–water partition coefficient (Wildman–Crippen LogP) is 0.637. The third-order valence-electron chi connectivity index (χ3n) is 4.38. The second-order valence-corrected chi connectivity index (χ2v) is 8.83. The van der Waals surface area contributed by atoms with Gasteiger partial charge in [0.05, 0.1) is 6.54 Å². The van der Waals surface area contributed by atoms with Crippen LogP contribution in [0, 0.1) is 23.7 Å². The number of nitrogens with zero attached hydrogens (tertiary/aromatic N) is 1.